The fourth-order valence-electron chi connectivity index (χ4n) is 1.24. The molecule has 0 spiro atoms. The van der Waals surface area contributed by atoms with Crippen molar-refractivity contribution in [1.82, 2.24) is 4.90 Å². The molecule has 4 heteroatoms. The molecule has 84 valence electrons. The van der Waals surface area contributed by atoms with Crippen LogP contribution in [0.15, 0.2) is 24.3 Å². The van der Waals surface area contributed by atoms with Crippen molar-refractivity contribution in [3.63, 3.8) is 0 Å². The summed E-state index contributed by atoms with van der Waals surface area (Å²) >= 11 is 1.71. The van der Waals surface area contributed by atoms with Crippen LogP contribution in [-0.4, -0.2) is 36.4 Å². The van der Waals surface area contributed by atoms with Gasteiger partial charge >= 0.3 is 0 Å². The molecule has 1 aromatic rings. The fraction of sp³-hybridized carbons (Fsp3) is 0.333. The Balaban J connectivity index is 2.69. The molecule has 0 aliphatic carbocycles. The summed E-state index contributed by atoms with van der Waals surface area (Å²) in [7, 11) is 1.79. The van der Waals surface area contributed by atoms with Gasteiger partial charge in [0, 0.05) is 24.9 Å². The first-order valence-corrected chi connectivity index (χ1v) is 6.33. The van der Waals surface area contributed by atoms with Gasteiger partial charge in [-0.05, 0) is 30.5 Å². The van der Waals surface area contributed by atoms with Crippen molar-refractivity contribution in [3.05, 3.63) is 35.4 Å². The predicted molar refractivity (Wildman–Crippen MR) is 66.5 cm³/mol. The molecule has 0 N–H and O–H groups in total. The third kappa shape index (κ3) is 3.28. The van der Waals surface area contributed by atoms with E-state index >= 15 is 0 Å². The molecule has 0 aliphatic rings. The van der Waals surface area contributed by atoms with Crippen LogP contribution in [0.3, 0.4) is 0 Å². The van der Waals surface area contributed by atoms with Crippen molar-refractivity contribution in [3.8, 4) is 6.07 Å². The molecule has 1 amide bonds. The average molecular weight is 234 g/mol. The van der Waals surface area contributed by atoms with Gasteiger partial charge in [-0.3, -0.25) is 4.79 Å². The number of amides is 1. The number of nitriles is 1. The molecular formula is C12H14N2OS. The second-order valence-electron chi connectivity index (χ2n) is 3.41. The van der Waals surface area contributed by atoms with Crippen LogP contribution in [0.25, 0.3) is 0 Å². The van der Waals surface area contributed by atoms with Crippen LogP contribution in [0.1, 0.15) is 15.9 Å². The van der Waals surface area contributed by atoms with Gasteiger partial charge in [-0.15, -0.1) is 0 Å². The van der Waals surface area contributed by atoms with E-state index in [1.54, 1.807) is 48.0 Å². The van der Waals surface area contributed by atoms with Crippen LogP contribution < -0.4 is 0 Å². The number of rotatable bonds is 4. The highest BCUT2D eigenvalue weighted by atomic mass is 32.2. The summed E-state index contributed by atoms with van der Waals surface area (Å²) in [5.41, 5.74) is 1.20. The van der Waals surface area contributed by atoms with E-state index in [-0.39, 0.29) is 5.91 Å². The maximum absolute atomic E-state index is 11.9. The van der Waals surface area contributed by atoms with Gasteiger partial charge in [0.15, 0.2) is 0 Å². The lowest BCUT2D eigenvalue weighted by molar-refractivity contribution is 0.0804. The summed E-state index contributed by atoms with van der Waals surface area (Å²) in [6.07, 6.45) is 2.01. The van der Waals surface area contributed by atoms with Crippen molar-refractivity contribution < 1.29 is 4.79 Å². The van der Waals surface area contributed by atoms with Gasteiger partial charge in [-0.1, -0.05) is 0 Å². The Morgan fingerprint density at radius 3 is 2.56 bits per heavy atom. The Kier molecular flexibility index (Phi) is 4.87. The van der Waals surface area contributed by atoms with E-state index in [1.165, 1.54) is 0 Å². The van der Waals surface area contributed by atoms with Crippen molar-refractivity contribution >= 4 is 17.7 Å². The van der Waals surface area contributed by atoms with Gasteiger partial charge in [0.1, 0.15) is 0 Å². The fourth-order valence-corrected chi connectivity index (χ4v) is 1.69. The number of thioether (sulfide) groups is 1. The van der Waals surface area contributed by atoms with Gasteiger partial charge in [-0.2, -0.15) is 17.0 Å². The first-order chi connectivity index (χ1) is 7.69. The van der Waals surface area contributed by atoms with Crippen LogP contribution in [0, 0.1) is 11.3 Å². The number of carbonyl (C=O) groups is 1. The average Bonchev–Trinajstić information content (AvgIpc) is 2.35. The minimum absolute atomic E-state index is 0.00135. The highest BCUT2D eigenvalue weighted by molar-refractivity contribution is 7.98. The Morgan fingerprint density at radius 1 is 1.44 bits per heavy atom. The van der Waals surface area contributed by atoms with E-state index in [4.69, 9.17) is 5.26 Å². The van der Waals surface area contributed by atoms with Crippen LogP contribution in [0.5, 0.6) is 0 Å². The molecule has 0 bridgehead atoms. The van der Waals surface area contributed by atoms with E-state index < -0.39 is 0 Å². The second kappa shape index (κ2) is 6.19. The second-order valence-corrected chi connectivity index (χ2v) is 4.39. The van der Waals surface area contributed by atoms with Gasteiger partial charge < -0.3 is 4.90 Å². The Hall–Kier alpha value is -1.47. The van der Waals surface area contributed by atoms with Crippen LogP contribution >= 0.6 is 11.8 Å². The summed E-state index contributed by atoms with van der Waals surface area (Å²) < 4.78 is 0. The number of carbonyl (C=O) groups excluding carboxylic acids is 1. The first-order valence-electron chi connectivity index (χ1n) is 4.93. The van der Waals surface area contributed by atoms with E-state index in [9.17, 15) is 4.79 Å². The summed E-state index contributed by atoms with van der Waals surface area (Å²) in [4.78, 5) is 13.6. The molecule has 16 heavy (non-hydrogen) atoms. The molecule has 1 aromatic carbocycles. The van der Waals surface area contributed by atoms with Crippen molar-refractivity contribution in [2.45, 2.75) is 0 Å². The van der Waals surface area contributed by atoms with E-state index in [1.807, 2.05) is 12.3 Å². The number of benzene rings is 1. The van der Waals surface area contributed by atoms with Crippen molar-refractivity contribution in [1.29, 1.82) is 5.26 Å². The van der Waals surface area contributed by atoms with E-state index in [0.29, 0.717) is 11.1 Å². The SMILES string of the molecule is CSCCN(C)C(=O)c1ccc(C#N)cc1. The van der Waals surface area contributed by atoms with Gasteiger partial charge in [0.25, 0.3) is 5.91 Å². The Bertz CT molecular complexity index is 394. The summed E-state index contributed by atoms with van der Waals surface area (Å²) in [6, 6.07) is 8.73. The largest absolute Gasteiger partial charge is 0.341 e. The third-order valence-electron chi connectivity index (χ3n) is 2.24. The maximum Gasteiger partial charge on any atom is 0.253 e. The molecule has 3 nitrogen and oxygen atoms in total. The third-order valence-corrected chi connectivity index (χ3v) is 2.83. The smallest absolute Gasteiger partial charge is 0.253 e. The topological polar surface area (TPSA) is 44.1 Å². The number of hydrogen-bond acceptors (Lipinski definition) is 3. The monoisotopic (exact) mass is 234 g/mol. The molecule has 0 saturated carbocycles. The summed E-state index contributed by atoms with van der Waals surface area (Å²) in [6.45, 7) is 0.736. The molecule has 0 heterocycles. The lowest BCUT2D eigenvalue weighted by Crippen LogP contribution is -2.28. The molecular weight excluding hydrogens is 220 g/mol. The van der Waals surface area contributed by atoms with Crippen molar-refractivity contribution in [2.24, 2.45) is 0 Å². The first kappa shape index (κ1) is 12.6. The number of hydrogen-bond donors (Lipinski definition) is 0. The molecule has 0 saturated heterocycles. The molecule has 0 atom stereocenters. The summed E-state index contributed by atoms with van der Waals surface area (Å²) in [5, 5.41) is 8.64. The molecule has 0 fully saturated rings. The summed E-state index contributed by atoms with van der Waals surface area (Å²) in [5.74, 6) is 0.928. The van der Waals surface area contributed by atoms with Crippen molar-refractivity contribution in [2.75, 3.05) is 25.6 Å². The van der Waals surface area contributed by atoms with E-state index in [2.05, 4.69) is 0 Å². The Labute approximate surface area is 100 Å². The Morgan fingerprint density at radius 2 is 2.06 bits per heavy atom. The van der Waals surface area contributed by atoms with Gasteiger partial charge in [0.2, 0.25) is 0 Å². The quantitative estimate of drug-likeness (QED) is 0.800. The lowest BCUT2D eigenvalue weighted by atomic mass is 10.1. The number of nitrogens with zero attached hydrogens (tertiary/aromatic N) is 2. The normalized spacial score (nSPS) is 9.56. The van der Waals surface area contributed by atoms with Crippen LogP contribution in [0.2, 0.25) is 0 Å². The van der Waals surface area contributed by atoms with Gasteiger partial charge in [0.05, 0.1) is 11.6 Å². The molecule has 0 aliphatic heterocycles. The standard InChI is InChI=1S/C12H14N2OS/c1-14(7-8-16-2)12(15)11-5-3-10(9-13)4-6-11/h3-6H,7-8H2,1-2H3. The molecule has 1 rings (SSSR count). The zero-order chi connectivity index (χ0) is 12.0. The molecule has 0 radical (unpaired) electrons. The minimum atomic E-state index is -0.00135. The molecule has 0 unspecified atom stereocenters. The van der Waals surface area contributed by atoms with E-state index in [0.717, 1.165) is 12.3 Å². The minimum Gasteiger partial charge on any atom is -0.341 e. The highest BCUT2D eigenvalue weighted by Gasteiger charge is 2.10. The van der Waals surface area contributed by atoms with Crippen LogP contribution in [0.4, 0.5) is 0 Å². The lowest BCUT2D eigenvalue weighted by Gasteiger charge is -2.16. The highest BCUT2D eigenvalue weighted by Crippen LogP contribution is 2.06. The zero-order valence-corrected chi connectivity index (χ0v) is 10.3. The zero-order valence-electron chi connectivity index (χ0n) is 9.43. The van der Waals surface area contributed by atoms with Gasteiger partial charge in [-0.25, -0.2) is 0 Å². The van der Waals surface area contributed by atoms with Crippen LogP contribution in [-0.2, 0) is 0 Å². The predicted octanol–water partition coefficient (Wildman–Crippen LogP) is 1.99. The molecule has 0 aromatic heterocycles. The maximum atomic E-state index is 11.9.